The van der Waals surface area contributed by atoms with Gasteiger partial charge in [-0.2, -0.15) is 0 Å². The predicted octanol–water partition coefficient (Wildman–Crippen LogP) is 2.60. The van der Waals surface area contributed by atoms with E-state index in [0.29, 0.717) is 11.5 Å². The SMILES string of the molecule is Cc1cc(C(=O)N(C)CC2CCCC2)ccc1C#CCO. The van der Waals surface area contributed by atoms with Crippen molar-refractivity contribution in [2.75, 3.05) is 20.2 Å². The third-order valence-electron chi connectivity index (χ3n) is 4.13. The number of hydrogen-bond donors (Lipinski definition) is 1. The van der Waals surface area contributed by atoms with Gasteiger partial charge in [-0.25, -0.2) is 0 Å². The van der Waals surface area contributed by atoms with Crippen LogP contribution in [-0.2, 0) is 0 Å². The van der Waals surface area contributed by atoms with E-state index in [-0.39, 0.29) is 12.5 Å². The number of nitrogens with zero attached hydrogens (tertiary/aromatic N) is 1. The minimum atomic E-state index is -0.149. The van der Waals surface area contributed by atoms with Crippen molar-refractivity contribution in [3.8, 4) is 11.8 Å². The van der Waals surface area contributed by atoms with Gasteiger partial charge in [-0.1, -0.05) is 24.7 Å². The van der Waals surface area contributed by atoms with Crippen LogP contribution in [0.2, 0.25) is 0 Å². The summed E-state index contributed by atoms with van der Waals surface area (Å²) >= 11 is 0. The molecule has 3 heteroatoms. The van der Waals surface area contributed by atoms with E-state index in [0.717, 1.165) is 17.7 Å². The van der Waals surface area contributed by atoms with Crippen LogP contribution in [0, 0.1) is 24.7 Å². The predicted molar refractivity (Wildman–Crippen MR) is 84.1 cm³/mol. The monoisotopic (exact) mass is 285 g/mol. The molecule has 0 radical (unpaired) electrons. The molecule has 1 aromatic rings. The van der Waals surface area contributed by atoms with Crippen molar-refractivity contribution < 1.29 is 9.90 Å². The Kier molecular flexibility index (Phi) is 5.41. The Balaban J connectivity index is 2.06. The normalized spacial score (nSPS) is 14.6. The Morgan fingerprint density at radius 3 is 2.71 bits per heavy atom. The third-order valence-corrected chi connectivity index (χ3v) is 4.13. The minimum absolute atomic E-state index is 0.0756. The average molecular weight is 285 g/mol. The standard InChI is InChI=1S/C18H23NO2/c1-14-12-17(10-9-16(14)8-5-11-20)18(21)19(2)13-15-6-3-4-7-15/h9-10,12,15,20H,3-4,6-7,11,13H2,1-2H3. The fourth-order valence-electron chi connectivity index (χ4n) is 2.96. The summed E-state index contributed by atoms with van der Waals surface area (Å²) in [5.74, 6) is 6.26. The Bertz CT molecular complexity index is 562. The van der Waals surface area contributed by atoms with E-state index in [9.17, 15) is 4.79 Å². The molecule has 1 amide bonds. The quantitative estimate of drug-likeness (QED) is 0.867. The topological polar surface area (TPSA) is 40.5 Å². The molecule has 1 fully saturated rings. The molecule has 1 N–H and O–H groups in total. The van der Waals surface area contributed by atoms with Crippen LogP contribution in [0.15, 0.2) is 18.2 Å². The number of hydrogen-bond acceptors (Lipinski definition) is 2. The molecule has 1 aliphatic carbocycles. The van der Waals surface area contributed by atoms with Gasteiger partial charge in [0.05, 0.1) is 0 Å². The largest absolute Gasteiger partial charge is 0.384 e. The average Bonchev–Trinajstić information content (AvgIpc) is 2.98. The molecule has 21 heavy (non-hydrogen) atoms. The number of carbonyl (C=O) groups is 1. The Hall–Kier alpha value is -1.79. The summed E-state index contributed by atoms with van der Waals surface area (Å²) in [7, 11) is 1.88. The molecule has 1 saturated carbocycles. The lowest BCUT2D eigenvalue weighted by atomic mass is 10.0. The van der Waals surface area contributed by atoms with E-state index in [1.54, 1.807) is 0 Å². The van der Waals surface area contributed by atoms with Crippen LogP contribution in [0.25, 0.3) is 0 Å². The molecule has 2 rings (SSSR count). The maximum absolute atomic E-state index is 12.5. The van der Waals surface area contributed by atoms with Gasteiger partial charge < -0.3 is 10.0 Å². The van der Waals surface area contributed by atoms with Crippen LogP contribution in [0.1, 0.15) is 47.2 Å². The first kappa shape index (κ1) is 15.6. The smallest absolute Gasteiger partial charge is 0.253 e. The molecule has 0 atom stereocenters. The highest BCUT2D eigenvalue weighted by Gasteiger charge is 2.20. The second-order valence-electron chi connectivity index (χ2n) is 5.83. The number of carbonyl (C=O) groups excluding carboxylic acids is 1. The van der Waals surface area contributed by atoms with Crippen LogP contribution in [-0.4, -0.2) is 36.1 Å². The van der Waals surface area contributed by atoms with Gasteiger partial charge in [-0.3, -0.25) is 4.79 Å². The zero-order valence-electron chi connectivity index (χ0n) is 12.9. The summed E-state index contributed by atoms with van der Waals surface area (Å²) in [5.41, 5.74) is 2.54. The molecule has 0 aromatic heterocycles. The van der Waals surface area contributed by atoms with Crippen LogP contribution in [0.5, 0.6) is 0 Å². The van der Waals surface area contributed by atoms with Crippen molar-refractivity contribution in [2.45, 2.75) is 32.6 Å². The summed E-state index contributed by atoms with van der Waals surface area (Å²) in [6.45, 7) is 2.64. The zero-order valence-corrected chi connectivity index (χ0v) is 12.9. The van der Waals surface area contributed by atoms with Crippen molar-refractivity contribution in [2.24, 2.45) is 5.92 Å². The molecule has 0 aliphatic heterocycles. The van der Waals surface area contributed by atoms with Gasteiger partial charge in [0.25, 0.3) is 5.91 Å². The van der Waals surface area contributed by atoms with E-state index in [2.05, 4.69) is 11.8 Å². The Morgan fingerprint density at radius 2 is 2.10 bits per heavy atom. The summed E-state index contributed by atoms with van der Waals surface area (Å²) in [6.07, 6.45) is 5.08. The highest BCUT2D eigenvalue weighted by atomic mass is 16.2. The molecule has 0 unspecified atom stereocenters. The van der Waals surface area contributed by atoms with Gasteiger partial charge in [0.15, 0.2) is 0 Å². The first-order chi connectivity index (χ1) is 10.1. The fraction of sp³-hybridized carbons (Fsp3) is 0.500. The number of aliphatic hydroxyl groups is 1. The van der Waals surface area contributed by atoms with E-state index in [4.69, 9.17) is 5.11 Å². The van der Waals surface area contributed by atoms with Crippen molar-refractivity contribution in [3.05, 3.63) is 34.9 Å². The summed E-state index contributed by atoms with van der Waals surface area (Å²) in [6, 6.07) is 5.56. The second kappa shape index (κ2) is 7.28. The molecular weight excluding hydrogens is 262 g/mol. The number of benzene rings is 1. The van der Waals surface area contributed by atoms with Crippen LogP contribution in [0.4, 0.5) is 0 Å². The maximum atomic E-state index is 12.5. The van der Waals surface area contributed by atoms with Gasteiger partial charge in [-0.15, -0.1) is 0 Å². The highest BCUT2D eigenvalue weighted by Crippen LogP contribution is 2.25. The van der Waals surface area contributed by atoms with Crippen LogP contribution >= 0.6 is 0 Å². The van der Waals surface area contributed by atoms with Gasteiger partial charge >= 0.3 is 0 Å². The maximum Gasteiger partial charge on any atom is 0.253 e. The van der Waals surface area contributed by atoms with Gasteiger partial charge in [-0.05, 0) is 49.4 Å². The highest BCUT2D eigenvalue weighted by molar-refractivity contribution is 5.94. The lowest BCUT2D eigenvalue weighted by Crippen LogP contribution is -2.31. The second-order valence-corrected chi connectivity index (χ2v) is 5.83. The first-order valence-corrected chi connectivity index (χ1v) is 7.57. The first-order valence-electron chi connectivity index (χ1n) is 7.57. The number of aryl methyl sites for hydroxylation is 1. The van der Waals surface area contributed by atoms with Crippen molar-refractivity contribution in [1.82, 2.24) is 4.90 Å². The molecule has 0 spiro atoms. The summed E-state index contributed by atoms with van der Waals surface area (Å²) in [4.78, 5) is 14.3. The number of amides is 1. The lowest BCUT2D eigenvalue weighted by molar-refractivity contribution is 0.0773. The molecule has 1 aliphatic rings. The summed E-state index contributed by atoms with van der Waals surface area (Å²) < 4.78 is 0. The van der Waals surface area contributed by atoms with Crippen molar-refractivity contribution >= 4 is 5.91 Å². The van der Waals surface area contributed by atoms with E-state index < -0.39 is 0 Å². The van der Waals surface area contributed by atoms with Gasteiger partial charge in [0.1, 0.15) is 6.61 Å². The lowest BCUT2D eigenvalue weighted by Gasteiger charge is -2.21. The van der Waals surface area contributed by atoms with E-state index >= 15 is 0 Å². The fourth-order valence-corrected chi connectivity index (χ4v) is 2.96. The van der Waals surface area contributed by atoms with E-state index in [1.807, 2.05) is 37.1 Å². The molecule has 0 bridgehead atoms. The third kappa shape index (κ3) is 4.09. The Morgan fingerprint density at radius 1 is 1.38 bits per heavy atom. The van der Waals surface area contributed by atoms with Crippen LogP contribution < -0.4 is 0 Å². The molecule has 0 heterocycles. The van der Waals surface area contributed by atoms with Gasteiger partial charge in [0, 0.05) is 24.7 Å². The zero-order chi connectivity index (χ0) is 15.2. The molecule has 0 saturated heterocycles. The van der Waals surface area contributed by atoms with Crippen molar-refractivity contribution in [1.29, 1.82) is 0 Å². The van der Waals surface area contributed by atoms with Crippen LogP contribution in [0.3, 0.4) is 0 Å². The van der Waals surface area contributed by atoms with Crippen molar-refractivity contribution in [3.63, 3.8) is 0 Å². The molecule has 112 valence electrons. The number of aliphatic hydroxyl groups excluding tert-OH is 1. The van der Waals surface area contributed by atoms with E-state index in [1.165, 1.54) is 25.7 Å². The van der Waals surface area contributed by atoms with Gasteiger partial charge in [0.2, 0.25) is 0 Å². The molecular formula is C18H23NO2. The number of rotatable bonds is 3. The molecule has 3 nitrogen and oxygen atoms in total. The summed E-state index contributed by atoms with van der Waals surface area (Å²) in [5, 5.41) is 8.74. The Labute approximate surface area is 127 Å². The molecule has 1 aromatic carbocycles. The minimum Gasteiger partial charge on any atom is -0.384 e.